The molecular weight excluding hydrogens is 375 g/mol. The molecule has 0 aromatic heterocycles. The molecule has 4 heteroatoms. The zero-order chi connectivity index (χ0) is 13.7. The third kappa shape index (κ3) is 3.79. The molecular formula is C15H19Br2FO. The van der Waals surface area contributed by atoms with Crippen LogP contribution in [0.2, 0.25) is 0 Å². The van der Waals surface area contributed by atoms with Gasteiger partial charge >= 0.3 is 0 Å². The van der Waals surface area contributed by atoms with Crippen molar-refractivity contribution < 1.29 is 9.13 Å². The van der Waals surface area contributed by atoms with E-state index in [9.17, 15) is 4.39 Å². The second kappa shape index (κ2) is 7.19. The highest BCUT2D eigenvalue weighted by Gasteiger charge is 2.34. The Hall–Kier alpha value is 0.0700. The van der Waals surface area contributed by atoms with E-state index in [1.54, 1.807) is 12.1 Å². The first-order valence-electron chi connectivity index (χ1n) is 6.66. The van der Waals surface area contributed by atoms with E-state index in [0.717, 1.165) is 48.7 Å². The van der Waals surface area contributed by atoms with Crippen LogP contribution in [0.4, 0.5) is 4.39 Å². The molecule has 19 heavy (non-hydrogen) atoms. The van der Waals surface area contributed by atoms with E-state index in [2.05, 4.69) is 31.9 Å². The molecule has 0 N–H and O–H groups in total. The second-order valence-electron chi connectivity index (χ2n) is 5.32. The summed E-state index contributed by atoms with van der Waals surface area (Å²) in [5.74, 6) is 0.503. The van der Waals surface area contributed by atoms with Gasteiger partial charge in [-0.25, -0.2) is 4.39 Å². The molecule has 1 aromatic rings. The van der Waals surface area contributed by atoms with E-state index >= 15 is 0 Å². The summed E-state index contributed by atoms with van der Waals surface area (Å²) in [6.45, 7) is 1.71. The standard InChI is InChI=1S/C15H19Br2FO/c16-10-15(11-17,9-12-4-6-19-7-5-12)13-2-1-3-14(18)8-13/h1-3,8,12H,4-7,9-11H2. The lowest BCUT2D eigenvalue weighted by Gasteiger charge is -2.36. The minimum absolute atomic E-state index is 0.0376. The average molecular weight is 394 g/mol. The fourth-order valence-electron chi connectivity index (χ4n) is 2.74. The van der Waals surface area contributed by atoms with Crippen molar-refractivity contribution in [3.05, 3.63) is 35.6 Å². The lowest BCUT2D eigenvalue weighted by molar-refractivity contribution is 0.0584. The minimum Gasteiger partial charge on any atom is -0.381 e. The van der Waals surface area contributed by atoms with Crippen LogP contribution < -0.4 is 0 Å². The van der Waals surface area contributed by atoms with Gasteiger partial charge in [0, 0.05) is 29.3 Å². The summed E-state index contributed by atoms with van der Waals surface area (Å²) in [5, 5.41) is 1.68. The molecule has 1 aliphatic heterocycles. The number of rotatable bonds is 5. The summed E-state index contributed by atoms with van der Waals surface area (Å²) < 4.78 is 18.9. The van der Waals surface area contributed by atoms with Crippen LogP contribution in [0.25, 0.3) is 0 Å². The number of hydrogen-bond donors (Lipinski definition) is 0. The van der Waals surface area contributed by atoms with Crippen molar-refractivity contribution in [1.29, 1.82) is 0 Å². The molecule has 0 unspecified atom stereocenters. The number of benzene rings is 1. The molecule has 0 saturated carbocycles. The molecule has 0 bridgehead atoms. The average Bonchev–Trinajstić information content (AvgIpc) is 2.46. The Bertz CT molecular complexity index is 401. The Morgan fingerprint density at radius 1 is 1.21 bits per heavy atom. The van der Waals surface area contributed by atoms with Crippen LogP contribution in [-0.2, 0) is 10.2 Å². The summed E-state index contributed by atoms with van der Waals surface area (Å²) >= 11 is 7.28. The van der Waals surface area contributed by atoms with Gasteiger partial charge in [-0.15, -0.1) is 0 Å². The SMILES string of the molecule is Fc1cccc(C(CBr)(CBr)CC2CCOCC2)c1. The van der Waals surface area contributed by atoms with Crippen LogP contribution >= 0.6 is 31.9 Å². The molecule has 1 heterocycles. The monoisotopic (exact) mass is 392 g/mol. The predicted molar refractivity (Wildman–Crippen MR) is 83.8 cm³/mol. The van der Waals surface area contributed by atoms with Crippen molar-refractivity contribution in [2.24, 2.45) is 5.92 Å². The third-order valence-electron chi connectivity index (χ3n) is 3.97. The summed E-state index contributed by atoms with van der Waals surface area (Å²) in [5.41, 5.74) is 1.04. The molecule has 0 spiro atoms. The van der Waals surface area contributed by atoms with E-state index in [1.165, 1.54) is 6.07 Å². The van der Waals surface area contributed by atoms with Gasteiger partial charge in [0.15, 0.2) is 0 Å². The summed E-state index contributed by atoms with van der Waals surface area (Å²) in [4.78, 5) is 0. The van der Waals surface area contributed by atoms with E-state index in [-0.39, 0.29) is 11.2 Å². The van der Waals surface area contributed by atoms with Crippen LogP contribution in [0, 0.1) is 11.7 Å². The van der Waals surface area contributed by atoms with Gasteiger partial charge in [-0.3, -0.25) is 0 Å². The molecule has 1 fully saturated rings. The van der Waals surface area contributed by atoms with Crippen molar-refractivity contribution in [2.45, 2.75) is 24.7 Å². The number of halogens is 3. The number of alkyl halides is 2. The lowest BCUT2D eigenvalue weighted by atomic mass is 9.75. The predicted octanol–water partition coefficient (Wildman–Crippen LogP) is 4.67. The van der Waals surface area contributed by atoms with Crippen LogP contribution in [-0.4, -0.2) is 23.9 Å². The molecule has 1 saturated heterocycles. The van der Waals surface area contributed by atoms with Gasteiger partial charge in [0.2, 0.25) is 0 Å². The molecule has 1 aliphatic rings. The first kappa shape index (κ1) is 15.5. The number of ether oxygens (including phenoxy) is 1. The molecule has 106 valence electrons. The van der Waals surface area contributed by atoms with Crippen molar-refractivity contribution in [1.82, 2.24) is 0 Å². The van der Waals surface area contributed by atoms with Gasteiger partial charge in [-0.2, -0.15) is 0 Å². The van der Waals surface area contributed by atoms with Gasteiger partial charge in [0.05, 0.1) is 0 Å². The van der Waals surface area contributed by atoms with Gasteiger partial charge in [0.1, 0.15) is 5.82 Å². The Balaban J connectivity index is 2.20. The molecule has 0 atom stereocenters. The molecule has 1 nitrogen and oxygen atoms in total. The van der Waals surface area contributed by atoms with Crippen LogP contribution in [0.15, 0.2) is 24.3 Å². The van der Waals surface area contributed by atoms with Gasteiger partial charge in [-0.1, -0.05) is 44.0 Å². The van der Waals surface area contributed by atoms with Gasteiger partial charge in [0.25, 0.3) is 0 Å². The molecule has 1 aromatic carbocycles. The highest BCUT2D eigenvalue weighted by molar-refractivity contribution is 9.09. The van der Waals surface area contributed by atoms with Crippen molar-refractivity contribution in [3.63, 3.8) is 0 Å². The normalized spacial score (nSPS) is 17.6. The largest absolute Gasteiger partial charge is 0.381 e. The Kier molecular flexibility index (Phi) is 5.85. The Labute approximate surface area is 131 Å². The fourth-order valence-corrected chi connectivity index (χ4v) is 4.77. The van der Waals surface area contributed by atoms with E-state index in [1.807, 2.05) is 6.07 Å². The third-order valence-corrected chi connectivity index (χ3v) is 6.12. The van der Waals surface area contributed by atoms with Crippen molar-refractivity contribution in [3.8, 4) is 0 Å². The lowest BCUT2D eigenvalue weighted by Crippen LogP contribution is -2.34. The highest BCUT2D eigenvalue weighted by Crippen LogP contribution is 2.38. The smallest absolute Gasteiger partial charge is 0.123 e. The van der Waals surface area contributed by atoms with Crippen LogP contribution in [0.5, 0.6) is 0 Å². The second-order valence-corrected chi connectivity index (χ2v) is 6.44. The highest BCUT2D eigenvalue weighted by atomic mass is 79.9. The molecule has 0 amide bonds. The Morgan fingerprint density at radius 3 is 2.47 bits per heavy atom. The minimum atomic E-state index is -0.157. The van der Waals surface area contributed by atoms with Gasteiger partial charge in [-0.05, 0) is 42.9 Å². The fraction of sp³-hybridized carbons (Fsp3) is 0.600. The maximum Gasteiger partial charge on any atom is 0.123 e. The molecule has 0 aliphatic carbocycles. The maximum absolute atomic E-state index is 13.5. The van der Waals surface area contributed by atoms with Crippen LogP contribution in [0.3, 0.4) is 0 Å². The summed E-state index contributed by atoms with van der Waals surface area (Å²) in [6.07, 6.45) is 3.28. The van der Waals surface area contributed by atoms with Crippen LogP contribution in [0.1, 0.15) is 24.8 Å². The van der Waals surface area contributed by atoms with Crippen molar-refractivity contribution >= 4 is 31.9 Å². The summed E-state index contributed by atoms with van der Waals surface area (Å²) in [7, 11) is 0. The molecule has 0 radical (unpaired) electrons. The first-order chi connectivity index (χ1) is 9.20. The topological polar surface area (TPSA) is 9.23 Å². The van der Waals surface area contributed by atoms with E-state index in [4.69, 9.17) is 4.74 Å². The zero-order valence-corrected chi connectivity index (χ0v) is 14.1. The van der Waals surface area contributed by atoms with Gasteiger partial charge < -0.3 is 4.74 Å². The first-order valence-corrected chi connectivity index (χ1v) is 8.90. The van der Waals surface area contributed by atoms with E-state index < -0.39 is 0 Å². The summed E-state index contributed by atoms with van der Waals surface area (Å²) in [6, 6.07) is 7.01. The quantitative estimate of drug-likeness (QED) is 0.660. The maximum atomic E-state index is 13.5. The molecule has 2 rings (SSSR count). The zero-order valence-electron chi connectivity index (χ0n) is 10.9. The van der Waals surface area contributed by atoms with E-state index in [0.29, 0.717) is 5.92 Å². The number of hydrogen-bond acceptors (Lipinski definition) is 1. The van der Waals surface area contributed by atoms with Crippen molar-refractivity contribution in [2.75, 3.05) is 23.9 Å². The Morgan fingerprint density at radius 2 is 1.89 bits per heavy atom.